The molecular formula is C10H17N3O2. The van der Waals surface area contributed by atoms with Gasteiger partial charge in [-0.1, -0.05) is 12.1 Å². The number of anilines is 1. The van der Waals surface area contributed by atoms with Gasteiger partial charge in [-0.3, -0.25) is 4.79 Å². The molecule has 1 aromatic rings. The van der Waals surface area contributed by atoms with Gasteiger partial charge >= 0.3 is 0 Å². The number of nitrogens with one attached hydrogen (secondary N) is 1. The molecule has 0 radical (unpaired) electrons. The fourth-order valence-corrected chi connectivity index (χ4v) is 1.08. The third-order valence-electron chi connectivity index (χ3n) is 2.16. The summed E-state index contributed by atoms with van der Waals surface area (Å²) in [6.07, 6.45) is 0.468. The van der Waals surface area contributed by atoms with Crippen LogP contribution in [0.25, 0.3) is 0 Å². The van der Waals surface area contributed by atoms with Crippen molar-refractivity contribution >= 4 is 11.7 Å². The molecule has 1 rings (SSSR count). The minimum absolute atomic E-state index is 0.0383. The molecule has 0 saturated carbocycles. The van der Waals surface area contributed by atoms with E-state index >= 15 is 0 Å². The minimum Gasteiger partial charge on any atom is -0.360 e. The van der Waals surface area contributed by atoms with Gasteiger partial charge in [0.2, 0.25) is 5.91 Å². The molecule has 0 atom stereocenters. The van der Waals surface area contributed by atoms with E-state index in [2.05, 4.69) is 22.3 Å². The monoisotopic (exact) mass is 211 g/mol. The van der Waals surface area contributed by atoms with Crippen LogP contribution in [0.4, 0.5) is 5.82 Å². The highest BCUT2D eigenvalue weighted by Gasteiger charge is 2.06. The van der Waals surface area contributed by atoms with E-state index in [1.54, 1.807) is 13.0 Å². The molecule has 0 aliphatic carbocycles. The molecule has 0 unspecified atom stereocenters. The smallest absolute Gasteiger partial charge is 0.226 e. The van der Waals surface area contributed by atoms with Crippen molar-refractivity contribution < 1.29 is 9.32 Å². The fourth-order valence-electron chi connectivity index (χ4n) is 1.08. The Kier molecular flexibility index (Phi) is 4.30. The number of rotatable bonds is 5. The second-order valence-corrected chi connectivity index (χ2v) is 3.52. The predicted molar refractivity (Wildman–Crippen MR) is 57.7 cm³/mol. The second kappa shape index (κ2) is 5.50. The molecule has 1 N–H and O–H groups in total. The first-order valence-electron chi connectivity index (χ1n) is 5.03. The molecule has 15 heavy (non-hydrogen) atoms. The van der Waals surface area contributed by atoms with Crippen molar-refractivity contribution in [2.45, 2.75) is 20.3 Å². The lowest BCUT2D eigenvalue weighted by atomic mass is 10.3. The zero-order valence-corrected chi connectivity index (χ0v) is 9.41. The van der Waals surface area contributed by atoms with Crippen LogP contribution in [0.1, 0.15) is 19.1 Å². The van der Waals surface area contributed by atoms with Gasteiger partial charge < -0.3 is 14.7 Å². The average Bonchev–Trinajstić information content (AvgIpc) is 2.60. The van der Waals surface area contributed by atoms with Gasteiger partial charge in [0.05, 0.1) is 0 Å². The summed E-state index contributed by atoms with van der Waals surface area (Å²) in [6.45, 7) is 5.53. The summed E-state index contributed by atoms with van der Waals surface area (Å²) in [5.74, 6) is 1.14. The number of aryl methyl sites for hydroxylation is 1. The second-order valence-electron chi connectivity index (χ2n) is 3.52. The molecule has 1 heterocycles. The molecule has 84 valence electrons. The number of hydrogen-bond acceptors (Lipinski definition) is 4. The molecule has 0 spiro atoms. The molecule has 0 aliphatic rings. The number of hydrogen-bond donors (Lipinski definition) is 1. The van der Waals surface area contributed by atoms with Crippen LogP contribution in [0, 0.1) is 6.92 Å². The van der Waals surface area contributed by atoms with E-state index in [0.29, 0.717) is 18.0 Å². The van der Waals surface area contributed by atoms with E-state index in [0.717, 1.165) is 13.1 Å². The highest BCUT2D eigenvalue weighted by atomic mass is 16.5. The zero-order chi connectivity index (χ0) is 11.3. The highest BCUT2D eigenvalue weighted by Crippen LogP contribution is 2.07. The van der Waals surface area contributed by atoms with Crippen LogP contribution in [0.5, 0.6) is 0 Å². The third kappa shape index (κ3) is 4.12. The summed E-state index contributed by atoms with van der Waals surface area (Å²) in [7, 11) is 1.98. The summed E-state index contributed by atoms with van der Waals surface area (Å²) >= 11 is 0. The van der Waals surface area contributed by atoms with E-state index in [1.807, 2.05) is 7.05 Å². The van der Waals surface area contributed by atoms with Gasteiger partial charge in [-0.05, 0) is 20.5 Å². The van der Waals surface area contributed by atoms with Crippen molar-refractivity contribution in [2.24, 2.45) is 0 Å². The van der Waals surface area contributed by atoms with E-state index in [1.165, 1.54) is 0 Å². The van der Waals surface area contributed by atoms with Crippen molar-refractivity contribution in [2.75, 3.05) is 25.5 Å². The van der Waals surface area contributed by atoms with E-state index in [9.17, 15) is 4.79 Å². The molecule has 0 aliphatic heterocycles. The van der Waals surface area contributed by atoms with Gasteiger partial charge in [-0.15, -0.1) is 0 Å². The van der Waals surface area contributed by atoms with Gasteiger partial charge in [0.15, 0.2) is 5.82 Å². The Balaban J connectivity index is 2.30. The molecular weight excluding hydrogens is 194 g/mol. The molecule has 1 amide bonds. The Hall–Kier alpha value is -1.36. The van der Waals surface area contributed by atoms with Crippen molar-refractivity contribution in [3.05, 3.63) is 11.8 Å². The molecule has 1 aromatic heterocycles. The Morgan fingerprint density at radius 3 is 2.93 bits per heavy atom. The maximum absolute atomic E-state index is 11.4. The standard InChI is InChI=1S/C10H17N3O2/c1-4-13(3)6-5-10(14)11-9-7-8(2)15-12-9/h7H,4-6H2,1-3H3,(H,11,12,14). The number of aromatic nitrogens is 1. The Labute approximate surface area is 89.4 Å². The summed E-state index contributed by atoms with van der Waals surface area (Å²) in [5, 5.41) is 6.35. The van der Waals surface area contributed by atoms with Crippen LogP contribution < -0.4 is 5.32 Å². The van der Waals surface area contributed by atoms with Crippen LogP contribution in [-0.2, 0) is 4.79 Å². The van der Waals surface area contributed by atoms with Crippen molar-refractivity contribution in [1.82, 2.24) is 10.1 Å². The fraction of sp³-hybridized carbons (Fsp3) is 0.600. The molecule has 5 nitrogen and oxygen atoms in total. The predicted octanol–water partition coefficient (Wildman–Crippen LogP) is 1.26. The number of carbonyl (C=O) groups is 1. The van der Waals surface area contributed by atoms with E-state index < -0.39 is 0 Å². The first-order chi connectivity index (χ1) is 7.11. The first-order valence-corrected chi connectivity index (χ1v) is 5.03. The third-order valence-corrected chi connectivity index (χ3v) is 2.16. The Morgan fingerprint density at radius 1 is 1.67 bits per heavy atom. The topological polar surface area (TPSA) is 58.4 Å². The van der Waals surface area contributed by atoms with Gasteiger partial charge in [0, 0.05) is 19.0 Å². The summed E-state index contributed by atoms with van der Waals surface area (Å²) in [6, 6.07) is 1.70. The van der Waals surface area contributed by atoms with Gasteiger partial charge in [-0.25, -0.2) is 0 Å². The summed E-state index contributed by atoms with van der Waals surface area (Å²) in [4.78, 5) is 13.5. The minimum atomic E-state index is -0.0383. The SMILES string of the molecule is CCN(C)CCC(=O)Nc1cc(C)on1. The van der Waals surface area contributed by atoms with Gasteiger partial charge in [0.1, 0.15) is 5.76 Å². The van der Waals surface area contributed by atoms with E-state index in [4.69, 9.17) is 4.52 Å². The number of amides is 1. The van der Waals surface area contributed by atoms with Gasteiger partial charge in [0.25, 0.3) is 0 Å². The molecule has 0 bridgehead atoms. The Bertz CT molecular complexity index is 322. The maximum atomic E-state index is 11.4. The van der Waals surface area contributed by atoms with Crippen LogP contribution in [0.2, 0.25) is 0 Å². The normalized spacial score (nSPS) is 10.7. The van der Waals surface area contributed by atoms with Crippen LogP contribution in [-0.4, -0.2) is 36.1 Å². The molecule has 5 heteroatoms. The van der Waals surface area contributed by atoms with Crippen LogP contribution in [0.3, 0.4) is 0 Å². The van der Waals surface area contributed by atoms with Crippen molar-refractivity contribution in [1.29, 1.82) is 0 Å². The molecule has 0 fully saturated rings. The number of nitrogens with zero attached hydrogens (tertiary/aromatic N) is 2. The molecule has 0 saturated heterocycles. The van der Waals surface area contributed by atoms with Gasteiger partial charge in [-0.2, -0.15) is 0 Å². The van der Waals surface area contributed by atoms with Crippen LogP contribution in [0.15, 0.2) is 10.6 Å². The maximum Gasteiger partial charge on any atom is 0.226 e. The summed E-state index contributed by atoms with van der Waals surface area (Å²) in [5.41, 5.74) is 0. The average molecular weight is 211 g/mol. The quantitative estimate of drug-likeness (QED) is 0.796. The summed E-state index contributed by atoms with van der Waals surface area (Å²) < 4.78 is 4.84. The lowest BCUT2D eigenvalue weighted by Crippen LogP contribution is -2.24. The van der Waals surface area contributed by atoms with Crippen LogP contribution >= 0.6 is 0 Å². The largest absolute Gasteiger partial charge is 0.360 e. The zero-order valence-electron chi connectivity index (χ0n) is 9.41. The first kappa shape index (κ1) is 11.7. The van der Waals surface area contributed by atoms with E-state index in [-0.39, 0.29) is 5.91 Å². The Morgan fingerprint density at radius 2 is 2.40 bits per heavy atom. The number of carbonyl (C=O) groups excluding carboxylic acids is 1. The van der Waals surface area contributed by atoms with Crippen molar-refractivity contribution in [3.8, 4) is 0 Å². The molecule has 0 aromatic carbocycles. The van der Waals surface area contributed by atoms with Crippen molar-refractivity contribution in [3.63, 3.8) is 0 Å². The lowest BCUT2D eigenvalue weighted by molar-refractivity contribution is -0.116. The highest BCUT2D eigenvalue weighted by molar-refractivity contribution is 5.89. The lowest BCUT2D eigenvalue weighted by Gasteiger charge is -2.12.